The Labute approximate surface area is 122 Å². The number of para-hydroxylation sites is 1. The summed E-state index contributed by atoms with van der Waals surface area (Å²) in [7, 11) is 0. The van der Waals surface area contributed by atoms with E-state index in [-0.39, 0.29) is 17.0 Å². The van der Waals surface area contributed by atoms with E-state index in [1.165, 1.54) is 19.1 Å². The summed E-state index contributed by atoms with van der Waals surface area (Å²) in [5.74, 6) is -1.47. The van der Waals surface area contributed by atoms with Crippen molar-refractivity contribution in [2.45, 2.75) is 25.4 Å². The first-order valence-corrected chi connectivity index (χ1v) is 6.94. The van der Waals surface area contributed by atoms with Crippen LogP contribution in [0, 0.1) is 18.6 Å². The molecular formula is C17H16F2O2. The normalized spacial score (nSPS) is 18.8. The van der Waals surface area contributed by atoms with E-state index in [9.17, 15) is 13.9 Å². The van der Waals surface area contributed by atoms with Crippen molar-refractivity contribution in [2.75, 3.05) is 6.61 Å². The lowest BCUT2D eigenvalue weighted by molar-refractivity contribution is 0.113. The van der Waals surface area contributed by atoms with E-state index in [0.717, 1.165) is 5.56 Å². The number of halogens is 2. The van der Waals surface area contributed by atoms with Gasteiger partial charge >= 0.3 is 0 Å². The molecule has 0 saturated carbocycles. The predicted octanol–water partition coefficient (Wildman–Crippen LogP) is 3.87. The molecule has 4 heteroatoms. The Morgan fingerprint density at radius 2 is 1.90 bits per heavy atom. The van der Waals surface area contributed by atoms with E-state index in [1.807, 2.05) is 24.3 Å². The van der Waals surface area contributed by atoms with Gasteiger partial charge in [-0.15, -0.1) is 0 Å². The summed E-state index contributed by atoms with van der Waals surface area (Å²) in [5, 5.41) is 10.5. The molecule has 0 aliphatic carbocycles. The van der Waals surface area contributed by atoms with Crippen LogP contribution in [0.4, 0.5) is 8.78 Å². The standard InChI is InChI=1S/C17H16F2O2/c1-10-6-7-13(16(19)15(10)18)17(20)12-8-9-21-14-5-3-2-4-11(12)14/h2-7,12,17,20H,8-9H2,1H3. The van der Waals surface area contributed by atoms with E-state index < -0.39 is 17.7 Å². The first kappa shape index (κ1) is 14.0. The molecule has 3 rings (SSSR count). The molecule has 2 nitrogen and oxygen atoms in total. The second-order valence-corrected chi connectivity index (χ2v) is 5.33. The summed E-state index contributed by atoms with van der Waals surface area (Å²) < 4.78 is 33.3. The Bertz CT molecular complexity index is 670. The molecule has 2 aromatic carbocycles. The Balaban J connectivity index is 2.01. The number of aliphatic hydroxyl groups is 1. The highest BCUT2D eigenvalue weighted by atomic mass is 19.2. The van der Waals surface area contributed by atoms with Crippen molar-refractivity contribution in [3.8, 4) is 5.75 Å². The molecule has 1 aliphatic heterocycles. The van der Waals surface area contributed by atoms with Crippen LogP contribution in [0.2, 0.25) is 0 Å². The zero-order valence-corrected chi connectivity index (χ0v) is 11.6. The van der Waals surface area contributed by atoms with Crippen LogP contribution in [-0.2, 0) is 0 Å². The fraction of sp³-hybridized carbons (Fsp3) is 0.294. The number of hydrogen-bond donors (Lipinski definition) is 1. The van der Waals surface area contributed by atoms with Gasteiger partial charge in [0.15, 0.2) is 11.6 Å². The number of hydrogen-bond acceptors (Lipinski definition) is 2. The van der Waals surface area contributed by atoms with Crippen LogP contribution in [0.15, 0.2) is 36.4 Å². The molecular weight excluding hydrogens is 274 g/mol. The topological polar surface area (TPSA) is 29.5 Å². The minimum atomic E-state index is -1.09. The van der Waals surface area contributed by atoms with Crippen LogP contribution in [0.5, 0.6) is 5.75 Å². The van der Waals surface area contributed by atoms with Crippen molar-refractivity contribution in [2.24, 2.45) is 0 Å². The average molecular weight is 290 g/mol. The summed E-state index contributed by atoms with van der Waals surface area (Å²) in [6, 6.07) is 10.3. The molecule has 0 aromatic heterocycles. The van der Waals surface area contributed by atoms with Gasteiger partial charge in [0.25, 0.3) is 0 Å². The number of aryl methyl sites for hydroxylation is 1. The molecule has 0 bridgehead atoms. The maximum absolute atomic E-state index is 14.1. The third kappa shape index (κ3) is 2.40. The van der Waals surface area contributed by atoms with Crippen molar-refractivity contribution < 1.29 is 18.6 Å². The highest BCUT2D eigenvalue weighted by molar-refractivity contribution is 5.40. The minimum absolute atomic E-state index is 0.000182. The molecule has 0 saturated heterocycles. The lowest BCUT2D eigenvalue weighted by Gasteiger charge is -2.30. The Hall–Kier alpha value is -1.94. The van der Waals surface area contributed by atoms with E-state index in [2.05, 4.69) is 0 Å². The number of fused-ring (bicyclic) bond motifs is 1. The second kappa shape index (κ2) is 5.45. The summed E-state index contributed by atoms with van der Waals surface area (Å²) in [5.41, 5.74) is 1.06. The van der Waals surface area contributed by atoms with Crippen molar-refractivity contribution in [1.29, 1.82) is 0 Å². The average Bonchev–Trinajstić information content (AvgIpc) is 2.51. The molecule has 21 heavy (non-hydrogen) atoms. The first-order chi connectivity index (χ1) is 10.1. The van der Waals surface area contributed by atoms with Gasteiger partial charge < -0.3 is 9.84 Å². The van der Waals surface area contributed by atoms with Crippen molar-refractivity contribution >= 4 is 0 Å². The second-order valence-electron chi connectivity index (χ2n) is 5.33. The van der Waals surface area contributed by atoms with Gasteiger partial charge in [-0.05, 0) is 25.0 Å². The smallest absolute Gasteiger partial charge is 0.164 e. The van der Waals surface area contributed by atoms with Gasteiger partial charge in [0.1, 0.15) is 5.75 Å². The SMILES string of the molecule is Cc1ccc(C(O)C2CCOc3ccccc32)c(F)c1F. The zero-order valence-electron chi connectivity index (χ0n) is 11.6. The lowest BCUT2D eigenvalue weighted by Crippen LogP contribution is -2.21. The number of benzene rings is 2. The van der Waals surface area contributed by atoms with Crippen LogP contribution >= 0.6 is 0 Å². The van der Waals surface area contributed by atoms with Crippen LogP contribution in [0.25, 0.3) is 0 Å². The van der Waals surface area contributed by atoms with E-state index in [4.69, 9.17) is 4.74 Å². The maximum atomic E-state index is 14.1. The fourth-order valence-electron chi connectivity index (χ4n) is 2.80. The third-order valence-corrected chi connectivity index (χ3v) is 4.01. The van der Waals surface area contributed by atoms with E-state index >= 15 is 0 Å². The lowest BCUT2D eigenvalue weighted by atomic mass is 9.84. The monoisotopic (exact) mass is 290 g/mol. The molecule has 1 N–H and O–H groups in total. The summed E-state index contributed by atoms with van der Waals surface area (Å²) >= 11 is 0. The van der Waals surface area contributed by atoms with Crippen LogP contribution < -0.4 is 4.74 Å². The van der Waals surface area contributed by atoms with Crippen molar-refractivity contribution in [3.63, 3.8) is 0 Å². The number of rotatable bonds is 2. The van der Waals surface area contributed by atoms with Gasteiger partial charge in [0.2, 0.25) is 0 Å². The molecule has 0 radical (unpaired) electrons. The molecule has 2 aromatic rings. The summed E-state index contributed by atoms with van der Waals surface area (Å²) in [6.07, 6.45) is -0.530. The quantitative estimate of drug-likeness (QED) is 0.909. The third-order valence-electron chi connectivity index (χ3n) is 4.01. The molecule has 1 aliphatic rings. The highest BCUT2D eigenvalue weighted by Gasteiger charge is 2.31. The minimum Gasteiger partial charge on any atom is -0.493 e. The maximum Gasteiger partial charge on any atom is 0.164 e. The molecule has 1 heterocycles. The molecule has 0 spiro atoms. The zero-order chi connectivity index (χ0) is 15.0. The molecule has 2 atom stereocenters. The number of ether oxygens (including phenoxy) is 1. The Morgan fingerprint density at radius 3 is 2.71 bits per heavy atom. The van der Waals surface area contributed by atoms with E-state index in [0.29, 0.717) is 18.8 Å². The predicted molar refractivity (Wildman–Crippen MR) is 75.3 cm³/mol. The van der Waals surface area contributed by atoms with Crippen molar-refractivity contribution in [1.82, 2.24) is 0 Å². The molecule has 0 amide bonds. The van der Waals surface area contributed by atoms with Crippen LogP contribution in [0.1, 0.15) is 35.1 Å². The molecule has 2 unspecified atom stereocenters. The summed E-state index contributed by atoms with van der Waals surface area (Å²) in [6.45, 7) is 1.95. The largest absolute Gasteiger partial charge is 0.493 e. The summed E-state index contributed by atoms with van der Waals surface area (Å²) in [4.78, 5) is 0. The Morgan fingerprint density at radius 1 is 1.14 bits per heavy atom. The van der Waals surface area contributed by atoms with Crippen LogP contribution in [0.3, 0.4) is 0 Å². The first-order valence-electron chi connectivity index (χ1n) is 6.94. The van der Waals surface area contributed by atoms with Gasteiger partial charge in [-0.25, -0.2) is 8.78 Å². The number of aliphatic hydroxyl groups excluding tert-OH is 1. The van der Waals surface area contributed by atoms with Gasteiger partial charge in [-0.1, -0.05) is 30.3 Å². The van der Waals surface area contributed by atoms with Gasteiger partial charge in [-0.2, -0.15) is 0 Å². The molecule has 110 valence electrons. The highest BCUT2D eigenvalue weighted by Crippen LogP contribution is 2.42. The van der Waals surface area contributed by atoms with E-state index in [1.54, 1.807) is 0 Å². The van der Waals surface area contributed by atoms with Gasteiger partial charge in [0.05, 0.1) is 12.7 Å². The van der Waals surface area contributed by atoms with Crippen LogP contribution in [-0.4, -0.2) is 11.7 Å². The van der Waals surface area contributed by atoms with Gasteiger partial charge in [-0.3, -0.25) is 0 Å². The fourth-order valence-corrected chi connectivity index (χ4v) is 2.80. The molecule has 0 fully saturated rings. The van der Waals surface area contributed by atoms with Crippen molar-refractivity contribution in [3.05, 3.63) is 64.7 Å². The Kier molecular flexibility index (Phi) is 3.64. The van der Waals surface area contributed by atoms with Gasteiger partial charge in [0, 0.05) is 17.0 Å².